The minimum absolute atomic E-state index is 0.166. The van der Waals surface area contributed by atoms with E-state index >= 15 is 0 Å². The van der Waals surface area contributed by atoms with Crippen LogP contribution in [0.2, 0.25) is 0 Å². The van der Waals surface area contributed by atoms with Crippen molar-refractivity contribution in [1.29, 1.82) is 0 Å². The van der Waals surface area contributed by atoms with Gasteiger partial charge < -0.3 is 4.74 Å². The van der Waals surface area contributed by atoms with E-state index in [4.69, 9.17) is 4.74 Å². The van der Waals surface area contributed by atoms with Gasteiger partial charge in [0, 0.05) is 19.3 Å². The lowest BCUT2D eigenvalue weighted by molar-refractivity contribution is 0.214. The van der Waals surface area contributed by atoms with E-state index in [-0.39, 0.29) is 6.10 Å². The summed E-state index contributed by atoms with van der Waals surface area (Å²) >= 11 is 0. The summed E-state index contributed by atoms with van der Waals surface area (Å²) in [7, 11) is -3.59. The second-order valence-corrected chi connectivity index (χ2v) is 9.03. The predicted octanol–water partition coefficient (Wildman–Crippen LogP) is 2.39. The van der Waals surface area contributed by atoms with Gasteiger partial charge in [-0.15, -0.1) is 0 Å². The molecule has 0 saturated carbocycles. The summed E-state index contributed by atoms with van der Waals surface area (Å²) in [5.41, 5.74) is 1.26. The zero-order chi connectivity index (χ0) is 18.9. The molecule has 0 aromatic carbocycles. The third kappa shape index (κ3) is 3.76. The van der Waals surface area contributed by atoms with Crippen LogP contribution in [0.4, 0.5) is 0 Å². The Labute approximate surface area is 155 Å². The fourth-order valence-corrected chi connectivity index (χ4v) is 5.19. The number of pyridine rings is 1. The van der Waals surface area contributed by atoms with E-state index < -0.39 is 10.0 Å². The Morgan fingerprint density at radius 2 is 2.12 bits per heavy atom. The average molecular weight is 378 g/mol. The van der Waals surface area contributed by atoms with Crippen LogP contribution in [0.25, 0.3) is 0 Å². The third-order valence-corrected chi connectivity index (χ3v) is 6.61. The van der Waals surface area contributed by atoms with Gasteiger partial charge in [-0.2, -0.15) is 9.40 Å². The lowest BCUT2D eigenvalue weighted by Gasteiger charge is -2.17. The molecule has 26 heavy (non-hydrogen) atoms. The van der Waals surface area contributed by atoms with Crippen molar-refractivity contribution in [2.45, 2.75) is 51.7 Å². The Kier molecular flexibility index (Phi) is 5.34. The molecule has 0 bridgehead atoms. The molecule has 1 fully saturated rings. The van der Waals surface area contributed by atoms with Crippen molar-refractivity contribution in [3.05, 3.63) is 35.9 Å². The molecule has 0 unspecified atom stereocenters. The van der Waals surface area contributed by atoms with Gasteiger partial charge in [0.2, 0.25) is 10.0 Å². The molecule has 3 rings (SSSR count). The molecule has 0 amide bonds. The van der Waals surface area contributed by atoms with E-state index in [1.54, 1.807) is 30.1 Å². The standard InChI is InChI=1S/C18H26N4O3S/c1-13(2)11-22-15(4)18(14(3)20-22)26(23,24)21-9-7-17(12-21)25-16-6-5-8-19-10-16/h5-6,8,10,13,17H,7,9,11-12H2,1-4H3/t17-/m0/s1. The van der Waals surface area contributed by atoms with Gasteiger partial charge in [0.1, 0.15) is 16.7 Å². The number of sulfonamides is 1. The number of aryl methyl sites for hydroxylation is 1. The lowest BCUT2D eigenvalue weighted by atomic mass is 10.2. The van der Waals surface area contributed by atoms with Gasteiger partial charge in [-0.1, -0.05) is 13.8 Å². The average Bonchev–Trinajstić information content (AvgIpc) is 3.14. The monoisotopic (exact) mass is 378 g/mol. The number of hydrogen-bond donors (Lipinski definition) is 0. The zero-order valence-electron chi connectivity index (χ0n) is 15.7. The molecule has 1 aliphatic rings. The van der Waals surface area contributed by atoms with E-state index in [0.717, 1.165) is 0 Å². The Morgan fingerprint density at radius 1 is 1.35 bits per heavy atom. The molecular weight excluding hydrogens is 352 g/mol. The molecule has 2 aromatic heterocycles. The van der Waals surface area contributed by atoms with Gasteiger partial charge in [-0.3, -0.25) is 9.67 Å². The molecule has 0 N–H and O–H groups in total. The Balaban J connectivity index is 1.78. The largest absolute Gasteiger partial charge is 0.487 e. The highest BCUT2D eigenvalue weighted by Gasteiger charge is 2.37. The summed E-state index contributed by atoms with van der Waals surface area (Å²) in [4.78, 5) is 4.36. The summed E-state index contributed by atoms with van der Waals surface area (Å²) in [6, 6.07) is 3.63. The summed E-state index contributed by atoms with van der Waals surface area (Å²) in [5, 5.41) is 4.45. The van der Waals surface area contributed by atoms with Crippen LogP contribution >= 0.6 is 0 Å². The van der Waals surface area contributed by atoms with Gasteiger partial charge in [0.05, 0.1) is 24.1 Å². The normalized spacial score (nSPS) is 18.6. The van der Waals surface area contributed by atoms with Crippen LogP contribution in [-0.2, 0) is 16.6 Å². The van der Waals surface area contributed by atoms with E-state index in [9.17, 15) is 8.42 Å². The third-order valence-electron chi connectivity index (χ3n) is 4.50. The van der Waals surface area contributed by atoms with Crippen molar-refractivity contribution < 1.29 is 13.2 Å². The lowest BCUT2D eigenvalue weighted by Crippen LogP contribution is -2.31. The predicted molar refractivity (Wildman–Crippen MR) is 98.6 cm³/mol. The van der Waals surface area contributed by atoms with E-state index in [1.807, 2.05) is 13.0 Å². The minimum Gasteiger partial charge on any atom is -0.487 e. The fourth-order valence-electron chi connectivity index (χ4n) is 3.33. The quantitative estimate of drug-likeness (QED) is 0.771. The molecule has 2 aromatic rings. The highest BCUT2D eigenvalue weighted by atomic mass is 32.2. The van der Waals surface area contributed by atoms with Crippen molar-refractivity contribution in [1.82, 2.24) is 19.1 Å². The maximum Gasteiger partial charge on any atom is 0.246 e. The van der Waals surface area contributed by atoms with Crippen LogP contribution in [0.15, 0.2) is 29.4 Å². The molecule has 0 radical (unpaired) electrons. The number of ether oxygens (including phenoxy) is 1. The Morgan fingerprint density at radius 3 is 2.77 bits per heavy atom. The van der Waals surface area contributed by atoms with Crippen LogP contribution in [0.3, 0.4) is 0 Å². The summed E-state index contributed by atoms with van der Waals surface area (Å²) in [6.07, 6.45) is 3.81. The smallest absolute Gasteiger partial charge is 0.246 e. The molecule has 1 saturated heterocycles. The van der Waals surface area contributed by atoms with Crippen LogP contribution in [0, 0.1) is 19.8 Å². The molecule has 8 heteroatoms. The summed E-state index contributed by atoms with van der Waals surface area (Å²) in [5.74, 6) is 1.06. The van der Waals surface area contributed by atoms with E-state index in [1.165, 1.54) is 4.31 Å². The van der Waals surface area contributed by atoms with Crippen LogP contribution in [-0.4, -0.2) is 46.7 Å². The van der Waals surface area contributed by atoms with Crippen molar-refractivity contribution in [3.8, 4) is 5.75 Å². The zero-order valence-corrected chi connectivity index (χ0v) is 16.5. The van der Waals surface area contributed by atoms with Crippen molar-refractivity contribution in [2.24, 2.45) is 5.92 Å². The van der Waals surface area contributed by atoms with Gasteiger partial charge in [-0.05, 0) is 38.3 Å². The van der Waals surface area contributed by atoms with Crippen molar-refractivity contribution in [3.63, 3.8) is 0 Å². The van der Waals surface area contributed by atoms with Crippen molar-refractivity contribution >= 4 is 10.0 Å². The van der Waals surface area contributed by atoms with E-state index in [0.29, 0.717) is 54.0 Å². The SMILES string of the molecule is Cc1nn(CC(C)C)c(C)c1S(=O)(=O)N1CC[C@H](Oc2cccnc2)C1. The van der Waals surface area contributed by atoms with Crippen molar-refractivity contribution in [2.75, 3.05) is 13.1 Å². The molecule has 1 atom stereocenters. The van der Waals surface area contributed by atoms with Gasteiger partial charge >= 0.3 is 0 Å². The topological polar surface area (TPSA) is 77.3 Å². The van der Waals surface area contributed by atoms with Gasteiger partial charge in [-0.25, -0.2) is 8.42 Å². The first-order valence-corrected chi connectivity index (χ1v) is 10.3. The first-order valence-electron chi connectivity index (χ1n) is 8.90. The fraction of sp³-hybridized carbons (Fsp3) is 0.556. The Hall–Kier alpha value is -1.93. The van der Waals surface area contributed by atoms with Gasteiger partial charge in [0.15, 0.2) is 0 Å². The minimum atomic E-state index is -3.59. The number of hydrogen-bond acceptors (Lipinski definition) is 5. The Bertz CT molecular complexity index is 862. The summed E-state index contributed by atoms with van der Waals surface area (Å²) in [6.45, 7) is 9.25. The maximum atomic E-state index is 13.2. The van der Waals surface area contributed by atoms with E-state index in [2.05, 4.69) is 23.9 Å². The number of rotatable bonds is 6. The molecule has 1 aliphatic heterocycles. The van der Waals surface area contributed by atoms with Crippen LogP contribution < -0.4 is 4.74 Å². The number of nitrogens with zero attached hydrogens (tertiary/aromatic N) is 4. The highest BCUT2D eigenvalue weighted by molar-refractivity contribution is 7.89. The molecule has 0 spiro atoms. The second kappa shape index (κ2) is 7.36. The maximum absolute atomic E-state index is 13.2. The molecule has 3 heterocycles. The van der Waals surface area contributed by atoms with Crippen LogP contribution in [0.5, 0.6) is 5.75 Å². The number of aromatic nitrogens is 3. The summed E-state index contributed by atoms with van der Waals surface area (Å²) < 4.78 is 35.5. The first-order chi connectivity index (χ1) is 12.3. The molecule has 142 valence electrons. The highest BCUT2D eigenvalue weighted by Crippen LogP contribution is 2.28. The molecule has 7 nitrogen and oxygen atoms in total. The van der Waals surface area contributed by atoms with Gasteiger partial charge in [0.25, 0.3) is 0 Å². The second-order valence-electron chi connectivity index (χ2n) is 7.16. The molecular formula is C18H26N4O3S. The van der Waals surface area contributed by atoms with Crippen LogP contribution in [0.1, 0.15) is 31.7 Å². The first kappa shape index (κ1) is 18.8. The molecule has 0 aliphatic carbocycles.